The van der Waals surface area contributed by atoms with Crippen molar-refractivity contribution in [3.63, 3.8) is 0 Å². The molecule has 1 fully saturated rings. The molecule has 21 heteroatoms. The van der Waals surface area contributed by atoms with Gasteiger partial charge in [-0.1, -0.05) is 93.6 Å². The molecule has 386 valence electrons. The van der Waals surface area contributed by atoms with Crippen LogP contribution < -0.4 is 25.4 Å². The molecule has 0 saturated carbocycles. The third-order valence-corrected chi connectivity index (χ3v) is 20.5. The van der Waals surface area contributed by atoms with E-state index < -0.39 is 56.0 Å². The average Bonchev–Trinajstić information content (AvgIpc) is 3.79. The number of nitrogens with two attached hydrogens (primary N) is 1. The number of alkyl carbamates (subject to hydrolysis) is 1. The third kappa shape index (κ3) is 14.9. The number of tetrazole rings is 1. The fourth-order valence-corrected chi connectivity index (χ4v) is 12.6. The van der Waals surface area contributed by atoms with Gasteiger partial charge in [-0.25, -0.2) is 26.4 Å². The summed E-state index contributed by atoms with van der Waals surface area (Å²) in [5.74, 6) is 0.572. The number of carbonyl (C=O) groups is 1. The highest BCUT2D eigenvalue weighted by Gasteiger charge is 2.42. The summed E-state index contributed by atoms with van der Waals surface area (Å²) in [7, 11) is -10.6. The van der Waals surface area contributed by atoms with Gasteiger partial charge in [-0.2, -0.15) is 9.10 Å². The Bertz CT molecular complexity index is 2700. The lowest BCUT2D eigenvalue weighted by atomic mass is 10.0. The number of anilines is 1. The molecule has 18 nitrogen and oxygen atoms in total. The summed E-state index contributed by atoms with van der Waals surface area (Å²) in [4.78, 5) is 15.2. The summed E-state index contributed by atoms with van der Waals surface area (Å²) in [6, 6.07) is 28.5. The van der Waals surface area contributed by atoms with Crippen LogP contribution >= 0.6 is 0 Å². The van der Waals surface area contributed by atoms with E-state index >= 15 is 16.8 Å². The number of hydrogen-bond acceptors (Lipinski definition) is 14. The fraction of sp³-hybridized carbons (Fsp3) is 0.480. The Kier molecular flexibility index (Phi) is 18.2. The van der Waals surface area contributed by atoms with Crippen LogP contribution in [0, 0.1) is 0 Å². The summed E-state index contributed by atoms with van der Waals surface area (Å²) in [6.45, 7) is 16.6. The Morgan fingerprint density at radius 2 is 1.45 bits per heavy atom. The Morgan fingerprint density at radius 3 is 2.00 bits per heavy atom. The van der Waals surface area contributed by atoms with Gasteiger partial charge in [0.2, 0.25) is 25.9 Å². The normalized spacial score (nSPS) is 14.7. The van der Waals surface area contributed by atoms with Gasteiger partial charge in [0, 0.05) is 51.5 Å². The number of aromatic nitrogens is 4. The highest BCUT2D eigenvalue weighted by atomic mass is 32.2. The maximum atomic E-state index is 16.1. The standard InChI is InChI=1S/C50H71N9O9S2Si/c1-49(2,3)67-48(60)52-32-42(68-71(8,9)50(4,5)6)33-53-69(61,62)44-25-24-43(57-29-26-41(27-30-57)66-31-28-51)45(47-54-56-59(55-47)36-39-20-22-40(65-7)23-21-39)46(44)70(63,64)58(34-37-16-12-10-13-17-37)35-38-18-14-11-15-19-38/h10-25,41-42,53H,26-36,51H2,1-9H3,(H,52,60)/t42-/m1/s1. The topological polar surface area (TPSA) is 222 Å². The molecule has 1 saturated heterocycles. The molecule has 0 unspecified atom stereocenters. The number of ether oxygens (including phenoxy) is 3. The number of piperidine rings is 1. The summed E-state index contributed by atoms with van der Waals surface area (Å²) < 4.78 is 90.3. The zero-order chi connectivity index (χ0) is 51.6. The summed E-state index contributed by atoms with van der Waals surface area (Å²) in [6.07, 6.45) is -0.458. The van der Waals surface area contributed by atoms with Crippen LogP contribution in [0.2, 0.25) is 18.1 Å². The second-order valence-electron chi connectivity index (χ2n) is 20.1. The van der Waals surface area contributed by atoms with Crippen molar-refractivity contribution in [3.8, 4) is 17.1 Å². The molecule has 0 radical (unpaired) electrons. The van der Waals surface area contributed by atoms with Crippen molar-refractivity contribution in [2.24, 2.45) is 5.73 Å². The molecular weight excluding hydrogens is 963 g/mol. The molecule has 1 aliphatic heterocycles. The SMILES string of the molecule is COc1ccc(Cn2nnc(-c3c(N4CCC(OCCN)CC4)ccc(S(=O)(=O)NC[C@@H](CNC(=O)OC(C)(C)C)O[Si](C)(C)C(C)(C)C)c3S(=O)(=O)N(Cc3ccccc3)Cc3ccccc3)n2)cc1. The van der Waals surface area contributed by atoms with Crippen molar-refractivity contribution in [1.29, 1.82) is 0 Å². The average molecular weight is 1030 g/mol. The van der Waals surface area contributed by atoms with Crippen molar-refractivity contribution < 1.29 is 40.3 Å². The molecule has 4 aromatic carbocycles. The molecule has 4 N–H and O–H groups in total. The highest BCUT2D eigenvalue weighted by molar-refractivity contribution is 7.92. The van der Waals surface area contributed by atoms with E-state index in [2.05, 4.69) is 41.1 Å². The summed E-state index contributed by atoms with van der Waals surface area (Å²) in [5, 5.41) is 16.1. The molecule has 6 rings (SSSR count). The van der Waals surface area contributed by atoms with Gasteiger partial charge < -0.3 is 34.6 Å². The van der Waals surface area contributed by atoms with Gasteiger partial charge in [0.25, 0.3) is 0 Å². The van der Waals surface area contributed by atoms with Gasteiger partial charge in [0.05, 0.1) is 38.0 Å². The van der Waals surface area contributed by atoms with Crippen LogP contribution in [-0.2, 0) is 53.6 Å². The van der Waals surface area contributed by atoms with Gasteiger partial charge in [0.15, 0.2) is 8.32 Å². The summed E-state index contributed by atoms with van der Waals surface area (Å²) in [5.41, 5.74) is 7.53. The monoisotopic (exact) mass is 1030 g/mol. The third-order valence-electron chi connectivity index (χ3n) is 12.4. The smallest absolute Gasteiger partial charge is 0.407 e. The summed E-state index contributed by atoms with van der Waals surface area (Å²) >= 11 is 0. The number of amides is 1. The molecule has 2 heterocycles. The van der Waals surface area contributed by atoms with Gasteiger partial charge in [-0.15, -0.1) is 10.2 Å². The van der Waals surface area contributed by atoms with Crippen molar-refractivity contribution in [2.75, 3.05) is 51.3 Å². The first-order chi connectivity index (χ1) is 33.5. The number of nitrogens with one attached hydrogen (secondary N) is 2. The van der Waals surface area contributed by atoms with E-state index in [1.165, 1.54) is 15.2 Å². The van der Waals surface area contributed by atoms with Crippen LogP contribution in [0.5, 0.6) is 5.75 Å². The maximum absolute atomic E-state index is 16.1. The molecule has 1 atom stereocenters. The van der Waals surface area contributed by atoms with E-state index in [1.807, 2.05) is 103 Å². The van der Waals surface area contributed by atoms with E-state index in [9.17, 15) is 4.79 Å². The maximum Gasteiger partial charge on any atom is 0.407 e. The van der Waals surface area contributed by atoms with Crippen molar-refractivity contribution in [3.05, 3.63) is 114 Å². The number of carbonyl (C=O) groups excluding carboxylic acids is 1. The Labute approximate surface area is 420 Å². The lowest BCUT2D eigenvalue weighted by Crippen LogP contribution is -2.51. The Morgan fingerprint density at radius 1 is 0.845 bits per heavy atom. The van der Waals surface area contributed by atoms with E-state index in [0.717, 1.165) is 5.56 Å². The zero-order valence-corrected chi connectivity index (χ0v) is 45.1. The van der Waals surface area contributed by atoms with Crippen LogP contribution in [0.25, 0.3) is 11.4 Å². The number of sulfonamides is 2. The predicted molar refractivity (Wildman–Crippen MR) is 276 cm³/mol. The molecule has 1 amide bonds. The molecule has 0 bridgehead atoms. The fourth-order valence-electron chi connectivity index (χ4n) is 7.77. The van der Waals surface area contributed by atoms with Crippen LogP contribution in [0.4, 0.5) is 10.5 Å². The molecule has 1 aliphatic rings. The number of hydrogen-bond donors (Lipinski definition) is 3. The van der Waals surface area contributed by atoms with Crippen molar-refractivity contribution >= 4 is 40.1 Å². The first kappa shape index (κ1) is 55.1. The van der Waals surface area contributed by atoms with Crippen LogP contribution in [-0.4, -0.2) is 120 Å². The van der Waals surface area contributed by atoms with E-state index in [1.54, 1.807) is 33.9 Å². The molecular formula is C50H71N9O9S2Si. The van der Waals surface area contributed by atoms with Gasteiger partial charge in [-0.05, 0) is 97.9 Å². The number of rotatable bonds is 22. The Hall–Kier alpha value is -5.26. The molecule has 1 aromatic heterocycles. The molecule has 5 aromatic rings. The molecule has 0 spiro atoms. The largest absolute Gasteiger partial charge is 0.497 e. The minimum atomic E-state index is -4.84. The van der Waals surface area contributed by atoms with Crippen molar-refractivity contribution in [1.82, 2.24) is 34.6 Å². The zero-order valence-electron chi connectivity index (χ0n) is 42.4. The quantitative estimate of drug-likeness (QED) is 0.0599. The van der Waals surface area contributed by atoms with Crippen LogP contribution in [0.15, 0.2) is 107 Å². The number of benzene rings is 4. The second-order valence-corrected chi connectivity index (χ2v) is 28.5. The van der Waals surface area contributed by atoms with Gasteiger partial charge in [0.1, 0.15) is 21.1 Å². The first-order valence-electron chi connectivity index (χ1n) is 23.9. The van der Waals surface area contributed by atoms with Crippen LogP contribution in [0.3, 0.4) is 0 Å². The predicted octanol–water partition coefficient (Wildman–Crippen LogP) is 6.93. The minimum Gasteiger partial charge on any atom is -0.497 e. The first-order valence-corrected chi connectivity index (χ1v) is 29.7. The van der Waals surface area contributed by atoms with E-state index in [0.29, 0.717) is 61.6 Å². The van der Waals surface area contributed by atoms with E-state index in [4.69, 9.17) is 29.5 Å². The van der Waals surface area contributed by atoms with E-state index in [-0.39, 0.29) is 55.3 Å². The second kappa shape index (κ2) is 23.5. The molecule has 71 heavy (non-hydrogen) atoms. The number of methoxy groups -OCH3 is 1. The Balaban J connectivity index is 1.54. The highest BCUT2D eigenvalue weighted by Crippen LogP contribution is 2.42. The van der Waals surface area contributed by atoms with Gasteiger partial charge >= 0.3 is 6.09 Å². The lowest BCUT2D eigenvalue weighted by molar-refractivity contribution is 0.0422. The van der Waals surface area contributed by atoms with Crippen molar-refractivity contribution in [2.45, 2.75) is 120 Å². The van der Waals surface area contributed by atoms with Crippen LogP contribution in [0.1, 0.15) is 71.1 Å². The lowest BCUT2D eigenvalue weighted by Gasteiger charge is -2.39. The molecule has 0 aliphatic carbocycles. The minimum absolute atomic E-state index is 0.0260. The number of nitrogens with zero attached hydrogens (tertiary/aromatic N) is 6. The van der Waals surface area contributed by atoms with Gasteiger partial charge in [-0.3, -0.25) is 0 Å².